The molecule has 100 valence electrons. The van der Waals surface area contributed by atoms with Gasteiger partial charge in [-0.25, -0.2) is 0 Å². The van der Waals surface area contributed by atoms with Gasteiger partial charge >= 0.3 is 0 Å². The average Bonchev–Trinajstić information content (AvgIpc) is 3.05. The fraction of sp³-hybridized carbons (Fsp3) is 0. The number of hydrogen-bond acceptors (Lipinski definition) is 1. The molecule has 0 atom stereocenters. The second-order valence-corrected chi connectivity index (χ2v) is 7.18. The highest BCUT2D eigenvalue weighted by Crippen LogP contribution is 2.41. The minimum Gasteiger partial charge on any atom is -0.354 e. The molecule has 0 amide bonds. The Morgan fingerprint density at radius 2 is 1.62 bits per heavy atom. The largest absolute Gasteiger partial charge is 0.354 e. The molecule has 0 spiro atoms. The summed E-state index contributed by atoms with van der Waals surface area (Å²) in [7, 11) is 0. The second-order valence-electron chi connectivity index (χ2n) is 5.25. The molecule has 2 heterocycles. The summed E-state index contributed by atoms with van der Waals surface area (Å²) in [5.41, 5.74) is 2.38. The van der Waals surface area contributed by atoms with Gasteiger partial charge < -0.3 is 4.98 Å². The lowest BCUT2D eigenvalue weighted by molar-refractivity contribution is 1.53. The van der Waals surface area contributed by atoms with Crippen molar-refractivity contribution in [2.45, 2.75) is 0 Å². The Bertz CT molecular complexity index is 1150. The summed E-state index contributed by atoms with van der Waals surface area (Å²) in [5, 5.41) is 5.34. The highest BCUT2D eigenvalue weighted by Gasteiger charge is 2.13. The maximum atomic E-state index is 3.65. The van der Waals surface area contributed by atoms with E-state index in [-0.39, 0.29) is 0 Å². The van der Waals surface area contributed by atoms with E-state index in [0.29, 0.717) is 0 Å². The summed E-state index contributed by atoms with van der Waals surface area (Å²) in [4.78, 5) is 3.55. The molecule has 0 saturated heterocycles. The number of H-pyrrole nitrogens is 1. The molecule has 0 aliphatic heterocycles. The van der Waals surface area contributed by atoms with Crippen LogP contribution in [0, 0.1) is 0 Å². The molecule has 1 N–H and O–H groups in total. The first-order chi connectivity index (χ1) is 10.3. The first kappa shape index (κ1) is 11.8. The number of halogens is 1. The first-order valence-corrected chi connectivity index (χ1v) is 8.44. The van der Waals surface area contributed by atoms with Crippen LogP contribution in [0.3, 0.4) is 0 Å². The van der Waals surface area contributed by atoms with Crippen molar-refractivity contribution in [3.05, 3.63) is 59.1 Å². The number of rotatable bonds is 0. The number of fused-ring (bicyclic) bond motifs is 7. The van der Waals surface area contributed by atoms with E-state index in [1.54, 1.807) is 0 Å². The predicted octanol–water partition coefficient (Wildman–Crippen LogP) is 6.45. The highest BCUT2D eigenvalue weighted by molar-refractivity contribution is 9.10. The molecule has 3 heteroatoms. The van der Waals surface area contributed by atoms with Crippen molar-refractivity contribution < 1.29 is 0 Å². The van der Waals surface area contributed by atoms with Crippen LogP contribution in [-0.4, -0.2) is 4.98 Å². The highest BCUT2D eigenvalue weighted by atomic mass is 79.9. The third-order valence-electron chi connectivity index (χ3n) is 4.09. The van der Waals surface area contributed by atoms with Gasteiger partial charge in [0.05, 0.1) is 5.52 Å². The van der Waals surface area contributed by atoms with E-state index in [4.69, 9.17) is 0 Å². The van der Waals surface area contributed by atoms with Crippen molar-refractivity contribution >= 4 is 69.2 Å². The van der Waals surface area contributed by atoms with Gasteiger partial charge in [0.15, 0.2) is 0 Å². The average molecular weight is 352 g/mol. The van der Waals surface area contributed by atoms with Gasteiger partial charge in [0.2, 0.25) is 0 Å². The van der Waals surface area contributed by atoms with E-state index in [1.165, 1.54) is 42.0 Å². The number of thiophene rings is 1. The molecule has 0 fully saturated rings. The lowest BCUT2D eigenvalue weighted by Gasteiger charge is -1.96. The molecule has 0 radical (unpaired) electrons. The van der Waals surface area contributed by atoms with Crippen LogP contribution < -0.4 is 0 Å². The number of benzene rings is 3. The first-order valence-electron chi connectivity index (χ1n) is 6.83. The van der Waals surface area contributed by atoms with Gasteiger partial charge in [-0.2, -0.15) is 0 Å². The molecule has 1 nitrogen and oxygen atoms in total. The summed E-state index contributed by atoms with van der Waals surface area (Å²) < 4.78 is 3.82. The van der Waals surface area contributed by atoms with Crippen LogP contribution in [-0.2, 0) is 0 Å². The fourth-order valence-electron chi connectivity index (χ4n) is 3.19. The molecule has 21 heavy (non-hydrogen) atoms. The topological polar surface area (TPSA) is 15.8 Å². The molecule has 0 aliphatic rings. The summed E-state index contributed by atoms with van der Waals surface area (Å²) >= 11 is 5.52. The van der Waals surface area contributed by atoms with Crippen molar-refractivity contribution in [1.29, 1.82) is 0 Å². The van der Waals surface area contributed by atoms with E-state index in [9.17, 15) is 0 Å². The Hall–Kier alpha value is -1.84. The Labute approximate surface area is 133 Å². The SMILES string of the molecule is Brc1cccc2c1[nH]c1ccc3sc4ccccc4c3c12. The molecular formula is C18H10BrNS. The summed E-state index contributed by atoms with van der Waals surface area (Å²) in [6, 6.07) is 19.5. The zero-order valence-electron chi connectivity index (χ0n) is 11.0. The molecule has 3 aromatic carbocycles. The van der Waals surface area contributed by atoms with Crippen LogP contribution in [0.4, 0.5) is 0 Å². The van der Waals surface area contributed by atoms with Gasteiger partial charge in [0.1, 0.15) is 0 Å². The molecule has 0 bridgehead atoms. The van der Waals surface area contributed by atoms with Gasteiger partial charge in [0, 0.05) is 40.9 Å². The van der Waals surface area contributed by atoms with Crippen LogP contribution in [0.5, 0.6) is 0 Å². The number of nitrogens with one attached hydrogen (secondary N) is 1. The summed E-state index contributed by atoms with van der Waals surface area (Å²) in [5.74, 6) is 0. The van der Waals surface area contributed by atoms with Crippen LogP contribution in [0.15, 0.2) is 59.1 Å². The van der Waals surface area contributed by atoms with Gasteiger partial charge in [-0.3, -0.25) is 0 Å². The Morgan fingerprint density at radius 3 is 2.57 bits per heavy atom. The zero-order valence-corrected chi connectivity index (χ0v) is 13.4. The number of aromatic nitrogens is 1. The molecular weight excluding hydrogens is 342 g/mol. The van der Waals surface area contributed by atoms with Crippen molar-refractivity contribution in [2.24, 2.45) is 0 Å². The Kier molecular flexibility index (Phi) is 2.29. The van der Waals surface area contributed by atoms with Gasteiger partial charge in [-0.15, -0.1) is 11.3 Å². The van der Waals surface area contributed by atoms with Crippen molar-refractivity contribution in [1.82, 2.24) is 4.98 Å². The molecule has 0 aliphatic carbocycles. The van der Waals surface area contributed by atoms with Gasteiger partial charge in [-0.05, 0) is 40.2 Å². The zero-order chi connectivity index (χ0) is 14.0. The van der Waals surface area contributed by atoms with Crippen LogP contribution in [0.1, 0.15) is 0 Å². The molecule has 0 saturated carbocycles. The predicted molar refractivity (Wildman–Crippen MR) is 96.4 cm³/mol. The standard InChI is InChI=1S/C18H10BrNS/c19-12-6-3-5-11-16-13(20-18(11)12)8-9-15-17(16)10-4-1-2-7-14(10)21-15/h1-9,20H. The molecule has 5 aromatic rings. The lowest BCUT2D eigenvalue weighted by Crippen LogP contribution is -1.70. The fourth-order valence-corrected chi connectivity index (χ4v) is 4.77. The second kappa shape index (κ2) is 4.09. The smallest absolute Gasteiger partial charge is 0.0609 e. The minimum atomic E-state index is 1.11. The van der Waals surface area contributed by atoms with Crippen molar-refractivity contribution in [3.63, 3.8) is 0 Å². The minimum absolute atomic E-state index is 1.11. The maximum Gasteiger partial charge on any atom is 0.0609 e. The number of hydrogen-bond donors (Lipinski definition) is 1. The monoisotopic (exact) mass is 351 g/mol. The van der Waals surface area contributed by atoms with E-state index < -0.39 is 0 Å². The maximum absolute atomic E-state index is 3.65. The third-order valence-corrected chi connectivity index (χ3v) is 5.88. The summed E-state index contributed by atoms with van der Waals surface area (Å²) in [6.07, 6.45) is 0. The molecule has 2 aromatic heterocycles. The van der Waals surface area contributed by atoms with Crippen LogP contribution >= 0.6 is 27.3 Å². The number of para-hydroxylation sites is 1. The van der Waals surface area contributed by atoms with E-state index in [1.807, 2.05) is 11.3 Å². The van der Waals surface area contributed by atoms with Gasteiger partial charge in [-0.1, -0.05) is 30.3 Å². The van der Waals surface area contributed by atoms with Crippen molar-refractivity contribution in [3.8, 4) is 0 Å². The van der Waals surface area contributed by atoms with E-state index in [2.05, 4.69) is 75.5 Å². The Balaban J connectivity index is 2.17. The van der Waals surface area contributed by atoms with Crippen molar-refractivity contribution in [2.75, 3.05) is 0 Å². The lowest BCUT2D eigenvalue weighted by atomic mass is 10.1. The quantitative estimate of drug-likeness (QED) is 0.330. The molecule has 0 unspecified atom stereocenters. The Morgan fingerprint density at radius 1 is 0.762 bits per heavy atom. The van der Waals surface area contributed by atoms with Gasteiger partial charge in [0.25, 0.3) is 0 Å². The van der Waals surface area contributed by atoms with Crippen LogP contribution in [0.2, 0.25) is 0 Å². The van der Waals surface area contributed by atoms with Crippen LogP contribution in [0.25, 0.3) is 42.0 Å². The summed E-state index contributed by atoms with van der Waals surface area (Å²) in [6.45, 7) is 0. The number of aromatic amines is 1. The normalized spacial score (nSPS) is 12.0. The van der Waals surface area contributed by atoms with E-state index in [0.717, 1.165) is 4.47 Å². The van der Waals surface area contributed by atoms with E-state index >= 15 is 0 Å². The molecule has 5 rings (SSSR count). The third kappa shape index (κ3) is 1.50.